The van der Waals surface area contributed by atoms with Gasteiger partial charge in [0.1, 0.15) is 5.76 Å². The average Bonchev–Trinajstić information content (AvgIpc) is 3.09. The van der Waals surface area contributed by atoms with Gasteiger partial charge >= 0.3 is 0 Å². The van der Waals surface area contributed by atoms with Crippen LogP contribution in [-0.4, -0.2) is 15.9 Å². The molecule has 0 atom stereocenters. The Morgan fingerprint density at radius 3 is 2.40 bits per heavy atom. The Morgan fingerprint density at radius 1 is 1.13 bits per heavy atom. The number of aliphatic hydroxyl groups excluding tert-OH is 1. The Bertz CT molecular complexity index is 980. The molecule has 6 heteroatoms. The van der Waals surface area contributed by atoms with Crippen molar-refractivity contribution in [1.82, 2.24) is 4.98 Å². The predicted octanol–water partition coefficient (Wildman–Crippen LogP) is 6.51. The number of para-hydroxylation sites is 1. The minimum absolute atomic E-state index is 0. The van der Waals surface area contributed by atoms with Crippen LogP contribution in [0.4, 0.5) is 0 Å². The molecule has 3 rings (SSSR count). The molecule has 163 valence electrons. The van der Waals surface area contributed by atoms with Gasteiger partial charge in [0.05, 0.1) is 12.5 Å². The molecule has 0 saturated heterocycles. The second-order valence-corrected chi connectivity index (χ2v) is 8.70. The Balaban J connectivity index is 0.000000299. The number of aromatic nitrogens is 1. The van der Waals surface area contributed by atoms with Crippen molar-refractivity contribution >= 4 is 16.8 Å². The maximum atomic E-state index is 11.5. The van der Waals surface area contributed by atoms with E-state index in [-0.39, 0.29) is 37.1 Å². The second kappa shape index (κ2) is 10.6. The molecule has 0 aliphatic heterocycles. The number of carbonyl (C=O) groups excluding carboxylic acids is 1. The zero-order valence-corrected chi connectivity index (χ0v) is 20.5. The normalized spacial score (nSPS) is 11.9. The summed E-state index contributed by atoms with van der Waals surface area (Å²) < 4.78 is 10.7. The molecule has 30 heavy (non-hydrogen) atoms. The number of furan rings is 1. The average molecular weight is 587 g/mol. The van der Waals surface area contributed by atoms with Crippen LogP contribution in [0.5, 0.6) is 11.6 Å². The quantitative estimate of drug-likeness (QED) is 0.215. The van der Waals surface area contributed by atoms with Gasteiger partial charge in [-0.1, -0.05) is 41.5 Å². The fraction of sp³-hybridized carbons (Fsp3) is 0.333. The van der Waals surface area contributed by atoms with Gasteiger partial charge in [-0.15, -0.1) is 12.1 Å². The van der Waals surface area contributed by atoms with Crippen LogP contribution in [0.3, 0.4) is 0 Å². The van der Waals surface area contributed by atoms with Crippen molar-refractivity contribution < 1.29 is 39.2 Å². The van der Waals surface area contributed by atoms with Crippen molar-refractivity contribution in [1.29, 1.82) is 0 Å². The molecule has 1 radical (unpaired) electrons. The van der Waals surface area contributed by atoms with Crippen LogP contribution in [0, 0.1) is 16.9 Å². The molecule has 0 spiro atoms. The number of pyridine rings is 1. The van der Waals surface area contributed by atoms with Crippen molar-refractivity contribution in [3.8, 4) is 11.6 Å². The SMILES string of the molecule is CC(C)(C)C(=O)/C=C(\O)C(C)(C)C.[Ir].[c-]1ccccc1Oc1cc2ccoc2cn1. The number of hydrogen-bond donors (Lipinski definition) is 1. The monoisotopic (exact) mass is 587 g/mol. The number of allylic oxidation sites excluding steroid dienone is 2. The summed E-state index contributed by atoms with van der Waals surface area (Å²) in [7, 11) is 0. The molecule has 0 amide bonds. The number of ether oxygens (including phenoxy) is 1. The van der Waals surface area contributed by atoms with E-state index in [0.717, 1.165) is 11.0 Å². The van der Waals surface area contributed by atoms with Gasteiger partial charge in [-0.3, -0.25) is 4.79 Å². The van der Waals surface area contributed by atoms with E-state index in [2.05, 4.69) is 11.1 Å². The van der Waals surface area contributed by atoms with E-state index in [1.54, 1.807) is 18.5 Å². The van der Waals surface area contributed by atoms with E-state index in [0.29, 0.717) is 11.6 Å². The molecule has 3 aromatic rings. The number of ketones is 1. The van der Waals surface area contributed by atoms with E-state index in [1.165, 1.54) is 6.08 Å². The maximum Gasteiger partial charge on any atom is 0.217 e. The summed E-state index contributed by atoms with van der Waals surface area (Å²) in [6.45, 7) is 11.1. The first-order valence-electron chi connectivity index (χ1n) is 9.40. The Labute approximate surface area is 191 Å². The number of aliphatic hydroxyl groups is 1. The van der Waals surface area contributed by atoms with E-state index < -0.39 is 5.41 Å². The number of benzene rings is 1. The van der Waals surface area contributed by atoms with Gasteiger partial charge in [-0.05, 0) is 6.07 Å². The predicted molar refractivity (Wildman–Crippen MR) is 114 cm³/mol. The summed E-state index contributed by atoms with van der Waals surface area (Å²) >= 11 is 0. The van der Waals surface area contributed by atoms with E-state index in [1.807, 2.05) is 71.9 Å². The van der Waals surface area contributed by atoms with Crippen molar-refractivity contribution in [2.24, 2.45) is 10.8 Å². The largest absolute Gasteiger partial charge is 0.512 e. The van der Waals surface area contributed by atoms with Gasteiger partial charge in [0.2, 0.25) is 5.88 Å². The molecule has 0 aliphatic rings. The van der Waals surface area contributed by atoms with Crippen molar-refractivity contribution in [3.63, 3.8) is 0 Å². The van der Waals surface area contributed by atoms with E-state index in [4.69, 9.17) is 9.15 Å². The molecule has 2 aromatic heterocycles. The maximum absolute atomic E-state index is 11.5. The number of carbonyl (C=O) groups is 1. The first-order valence-corrected chi connectivity index (χ1v) is 9.40. The molecular weight excluding hydrogens is 558 g/mol. The van der Waals surface area contributed by atoms with Gasteiger partial charge in [0.25, 0.3) is 0 Å². The van der Waals surface area contributed by atoms with Gasteiger partial charge in [-0.25, -0.2) is 4.98 Å². The van der Waals surface area contributed by atoms with Crippen LogP contribution in [0.15, 0.2) is 65.1 Å². The summed E-state index contributed by atoms with van der Waals surface area (Å²) in [5.74, 6) is 1.29. The third-order valence-electron chi connectivity index (χ3n) is 3.99. The summed E-state index contributed by atoms with van der Waals surface area (Å²) in [4.78, 5) is 15.6. The van der Waals surface area contributed by atoms with Crippen LogP contribution < -0.4 is 4.74 Å². The zero-order chi connectivity index (χ0) is 21.7. The summed E-state index contributed by atoms with van der Waals surface area (Å²) in [6.07, 6.45) is 4.61. The van der Waals surface area contributed by atoms with Crippen LogP contribution in [-0.2, 0) is 24.9 Å². The topological polar surface area (TPSA) is 72.6 Å². The molecule has 0 bridgehead atoms. The molecule has 5 nitrogen and oxygen atoms in total. The van der Waals surface area contributed by atoms with Gasteiger partial charge in [0.15, 0.2) is 11.4 Å². The standard InChI is InChI=1S/C13H8NO2.C11H20O2.Ir/c1-2-4-11(5-3-1)16-13-8-10-6-7-15-12(10)9-14-13;1-10(2,3)8(12)7-9(13)11(4,5)6;/h1-4,6-9H;7,12H,1-6H3;/q-1;;/b;8-7-;. The fourth-order valence-electron chi connectivity index (χ4n) is 2.01. The smallest absolute Gasteiger partial charge is 0.217 e. The number of rotatable bonds is 3. The van der Waals surface area contributed by atoms with Crippen LogP contribution in [0.25, 0.3) is 11.0 Å². The number of nitrogens with zero attached hydrogens (tertiary/aromatic N) is 1. The van der Waals surface area contributed by atoms with Crippen molar-refractivity contribution in [3.05, 3.63) is 66.8 Å². The molecule has 2 heterocycles. The van der Waals surface area contributed by atoms with Crippen LogP contribution in [0.1, 0.15) is 41.5 Å². The molecule has 0 saturated carbocycles. The minimum Gasteiger partial charge on any atom is -0.512 e. The van der Waals surface area contributed by atoms with E-state index >= 15 is 0 Å². The Kier molecular flexibility index (Phi) is 9.01. The van der Waals surface area contributed by atoms with Crippen LogP contribution in [0.2, 0.25) is 0 Å². The Morgan fingerprint density at radius 2 is 1.83 bits per heavy atom. The fourth-order valence-corrected chi connectivity index (χ4v) is 2.01. The number of fused-ring (bicyclic) bond motifs is 1. The summed E-state index contributed by atoms with van der Waals surface area (Å²) in [5.41, 5.74) is -0.00968. The Hall–Kier alpha value is -2.43. The summed E-state index contributed by atoms with van der Waals surface area (Å²) in [6, 6.07) is 14.1. The minimum atomic E-state index is -0.417. The van der Waals surface area contributed by atoms with Crippen molar-refractivity contribution in [2.45, 2.75) is 41.5 Å². The third-order valence-corrected chi connectivity index (χ3v) is 3.99. The molecule has 1 aromatic carbocycles. The van der Waals surface area contributed by atoms with Crippen molar-refractivity contribution in [2.75, 3.05) is 0 Å². The van der Waals surface area contributed by atoms with Crippen LogP contribution >= 0.6 is 0 Å². The summed E-state index contributed by atoms with van der Waals surface area (Å²) in [5, 5.41) is 10.5. The third kappa shape index (κ3) is 7.77. The molecule has 0 fully saturated rings. The first kappa shape index (κ1) is 25.6. The molecule has 0 aliphatic carbocycles. The van der Waals surface area contributed by atoms with Gasteiger partial charge < -0.3 is 14.3 Å². The zero-order valence-electron chi connectivity index (χ0n) is 18.1. The number of hydrogen-bond acceptors (Lipinski definition) is 5. The van der Waals surface area contributed by atoms with Gasteiger partial charge in [0, 0.05) is 54.2 Å². The first-order chi connectivity index (χ1) is 13.5. The molecule has 1 N–H and O–H groups in total. The van der Waals surface area contributed by atoms with Gasteiger partial charge in [-0.2, -0.15) is 18.2 Å². The second-order valence-electron chi connectivity index (χ2n) is 8.70. The van der Waals surface area contributed by atoms with E-state index in [9.17, 15) is 9.90 Å². The molecular formula is C24H28IrNO4-. The molecule has 0 unspecified atom stereocenters.